The number of alkyl halides is 1. The summed E-state index contributed by atoms with van der Waals surface area (Å²) in [7, 11) is 0. The van der Waals surface area contributed by atoms with E-state index in [-0.39, 0.29) is 17.4 Å². The molecular formula is C17H14ClNO3. The van der Waals surface area contributed by atoms with Crippen LogP contribution in [0.4, 0.5) is 5.69 Å². The van der Waals surface area contributed by atoms with Crippen LogP contribution in [-0.2, 0) is 11.2 Å². The fourth-order valence-corrected chi connectivity index (χ4v) is 2.73. The number of benzene rings is 2. The third-order valence-corrected chi connectivity index (χ3v) is 3.67. The number of halogens is 1. The predicted octanol–water partition coefficient (Wildman–Crippen LogP) is 3.37. The van der Waals surface area contributed by atoms with Crippen molar-refractivity contribution in [2.45, 2.75) is 6.42 Å². The van der Waals surface area contributed by atoms with E-state index in [1.165, 1.54) is 18.2 Å². The van der Waals surface area contributed by atoms with Gasteiger partial charge >= 0.3 is 0 Å². The van der Waals surface area contributed by atoms with Gasteiger partial charge in [0.25, 0.3) is 5.91 Å². The molecule has 4 nitrogen and oxygen atoms in total. The van der Waals surface area contributed by atoms with Crippen LogP contribution in [-0.4, -0.2) is 22.0 Å². The van der Waals surface area contributed by atoms with Gasteiger partial charge < -0.3 is 15.5 Å². The molecule has 0 spiro atoms. The fourth-order valence-electron chi connectivity index (χ4n) is 2.51. The Balaban J connectivity index is 2.06. The highest BCUT2D eigenvalue weighted by Crippen LogP contribution is 2.34. The third kappa shape index (κ3) is 2.78. The van der Waals surface area contributed by atoms with Crippen LogP contribution < -0.4 is 5.32 Å². The number of phenols is 2. The maximum Gasteiger partial charge on any atom is 0.256 e. The monoisotopic (exact) mass is 315 g/mol. The van der Waals surface area contributed by atoms with Crippen LogP contribution in [0.1, 0.15) is 16.7 Å². The molecule has 3 N–H and O–H groups in total. The van der Waals surface area contributed by atoms with E-state index in [9.17, 15) is 15.0 Å². The molecule has 112 valence electrons. The predicted molar refractivity (Wildman–Crippen MR) is 87.1 cm³/mol. The topological polar surface area (TPSA) is 69.6 Å². The van der Waals surface area contributed by atoms with E-state index in [0.29, 0.717) is 17.0 Å². The molecule has 0 radical (unpaired) electrons. The van der Waals surface area contributed by atoms with Crippen LogP contribution in [0.5, 0.6) is 11.5 Å². The summed E-state index contributed by atoms with van der Waals surface area (Å²) in [6, 6.07) is 9.94. The number of carbonyl (C=O) groups excluding carboxylic acids is 1. The Labute approximate surface area is 132 Å². The van der Waals surface area contributed by atoms with Gasteiger partial charge in [0, 0.05) is 28.8 Å². The Morgan fingerprint density at radius 1 is 1.09 bits per heavy atom. The minimum Gasteiger partial charge on any atom is -0.508 e. The summed E-state index contributed by atoms with van der Waals surface area (Å²) >= 11 is 5.76. The van der Waals surface area contributed by atoms with Gasteiger partial charge in [0.05, 0.1) is 0 Å². The van der Waals surface area contributed by atoms with Crippen molar-refractivity contribution in [1.29, 1.82) is 0 Å². The van der Waals surface area contributed by atoms with E-state index >= 15 is 0 Å². The van der Waals surface area contributed by atoms with E-state index in [1.807, 2.05) is 18.2 Å². The highest BCUT2D eigenvalue weighted by atomic mass is 35.5. The minimum absolute atomic E-state index is 0.0543. The lowest BCUT2D eigenvalue weighted by Crippen LogP contribution is -2.03. The Morgan fingerprint density at radius 3 is 2.50 bits per heavy atom. The molecule has 1 aliphatic rings. The Kier molecular flexibility index (Phi) is 3.77. The maximum absolute atomic E-state index is 12.1. The van der Waals surface area contributed by atoms with Crippen molar-refractivity contribution >= 4 is 34.8 Å². The molecular weight excluding hydrogens is 302 g/mol. The zero-order chi connectivity index (χ0) is 15.7. The first-order chi connectivity index (χ1) is 10.6. The largest absolute Gasteiger partial charge is 0.508 e. The van der Waals surface area contributed by atoms with Crippen LogP contribution in [0.3, 0.4) is 0 Å². The van der Waals surface area contributed by atoms with Crippen molar-refractivity contribution < 1.29 is 15.0 Å². The lowest BCUT2D eigenvalue weighted by atomic mass is 10.0. The number of aryl methyl sites for hydroxylation is 1. The lowest BCUT2D eigenvalue weighted by molar-refractivity contribution is -0.110. The Morgan fingerprint density at radius 2 is 1.82 bits per heavy atom. The highest BCUT2D eigenvalue weighted by Gasteiger charge is 2.24. The molecule has 2 aromatic carbocycles. The number of nitrogens with one attached hydrogen (secondary N) is 1. The van der Waals surface area contributed by atoms with Crippen molar-refractivity contribution in [2.24, 2.45) is 0 Å². The minimum atomic E-state index is -0.208. The van der Waals surface area contributed by atoms with Gasteiger partial charge in [0.15, 0.2) is 0 Å². The number of rotatable bonds is 3. The van der Waals surface area contributed by atoms with Crippen molar-refractivity contribution in [1.82, 2.24) is 0 Å². The second kappa shape index (κ2) is 5.73. The zero-order valence-corrected chi connectivity index (χ0v) is 12.4. The summed E-state index contributed by atoms with van der Waals surface area (Å²) in [5, 5.41) is 21.9. The molecule has 0 saturated heterocycles. The van der Waals surface area contributed by atoms with Gasteiger partial charge in [-0.05, 0) is 47.9 Å². The SMILES string of the molecule is O=C1Nc2ccc(CCCl)cc2C1=Cc1cc(O)cc(O)c1. The van der Waals surface area contributed by atoms with Gasteiger partial charge in [0.2, 0.25) is 0 Å². The van der Waals surface area contributed by atoms with E-state index in [4.69, 9.17) is 11.6 Å². The maximum atomic E-state index is 12.1. The summed E-state index contributed by atoms with van der Waals surface area (Å²) in [4.78, 5) is 12.1. The second-order valence-corrected chi connectivity index (χ2v) is 5.49. The molecule has 2 aromatic rings. The number of amides is 1. The van der Waals surface area contributed by atoms with Crippen molar-refractivity contribution in [3.63, 3.8) is 0 Å². The molecule has 1 heterocycles. The summed E-state index contributed by atoms with van der Waals surface area (Å²) in [6.07, 6.45) is 2.37. The zero-order valence-electron chi connectivity index (χ0n) is 11.6. The van der Waals surface area contributed by atoms with Gasteiger partial charge in [0.1, 0.15) is 11.5 Å². The standard InChI is InChI=1S/C17H14ClNO3/c18-4-3-10-1-2-16-14(7-10)15(17(22)19-16)8-11-5-12(20)9-13(21)6-11/h1-2,5-9,20-21H,3-4H2,(H,19,22). The second-order valence-electron chi connectivity index (χ2n) is 5.11. The molecule has 0 aliphatic carbocycles. The third-order valence-electron chi connectivity index (χ3n) is 3.49. The van der Waals surface area contributed by atoms with E-state index in [2.05, 4.69) is 5.32 Å². The van der Waals surface area contributed by atoms with E-state index in [1.54, 1.807) is 6.08 Å². The first-order valence-corrected chi connectivity index (χ1v) is 7.35. The van der Waals surface area contributed by atoms with Gasteiger partial charge in [-0.25, -0.2) is 0 Å². The lowest BCUT2D eigenvalue weighted by Gasteiger charge is -2.03. The Hall–Kier alpha value is -2.46. The van der Waals surface area contributed by atoms with E-state index in [0.717, 1.165) is 23.2 Å². The number of fused-ring (bicyclic) bond motifs is 1. The first kappa shape index (κ1) is 14.5. The number of carbonyl (C=O) groups is 1. The number of phenolic OH excluding ortho intramolecular Hbond substituents is 2. The van der Waals surface area contributed by atoms with Crippen LogP contribution in [0.25, 0.3) is 11.6 Å². The quantitative estimate of drug-likeness (QED) is 0.601. The van der Waals surface area contributed by atoms with Crippen molar-refractivity contribution in [3.8, 4) is 11.5 Å². The van der Waals surface area contributed by atoms with E-state index < -0.39 is 0 Å². The van der Waals surface area contributed by atoms with Crippen molar-refractivity contribution in [2.75, 3.05) is 11.2 Å². The molecule has 0 aromatic heterocycles. The van der Waals surface area contributed by atoms with Gasteiger partial charge in [-0.15, -0.1) is 11.6 Å². The molecule has 22 heavy (non-hydrogen) atoms. The number of aromatic hydroxyl groups is 2. The summed E-state index contributed by atoms with van der Waals surface area (Å²) in [6.45, 7) is 0. The summed E-state index contributed by atoms with van der Waals surface area (Å²) in [5.74, 6) is 0.197. The molecule has 0 saturated carbocycles. The number of anilines is 1. The molecule has 5 heteroatoms. The molecule has 0 bridgehead atoms. The smallest absolute Gasteiger partial charge is 0.256 e. The fraction of sp³-hybridized carbons (Fsp3) is 0.118. The highest BCUT2D eigenvalue weighted by molar-refractivity contribution is 6.35. The normalized spacial score (nSPS) is 15.0. The summed E-state index contributed by atoms with van der Waals surface area (Å²) < 4.78 is 0. The molecule has 1 amide bonds. The molecule has 3 rings (SSSR count). The average Bonchev–Trinajstić information content (AvgIpc) is 2.74. The van der Waals surface area contributed by atoms with Gasteiger partial charge in [-0.1, -0.05) is 6.07 Å². The number of hydrogen-bond acceptors (Lipinski definition) is 3. The molecule has 0 atom stereocenters. The molecule has 1 aliphatic heterocycles. The summed E-state index contributed by atoms with van der Waals surface area (Å²) in [5.41, 5.74) is 3.65. The first-order valence-electron chi connectivity index (χ1n) is 6.82. The van der Waals surface area contributed by atoms with Crippen LogP contribution in [0, 0.1) is 0 Å². The van der Waals surface area contributed by atoms with Gasteiger partial charge in [-0.2, -0.15) is 0 Å². The van der Waals surface area contributed by atoms with Crippen LogP contribution in [0.15, 0.2) is 36.4 Å². The van der Waals surface area contributed by atoms with Crippen molar-refractivity contribution in [3.05, 3.63) is 53.1 Å². The molecule has 0 unspecified atom stereocenters. The number of hydrogen-bond donors (Lipinski definition) is 3. The average molecular weight is 316 g/mol. The Bertz CT molecular complexity index is 763. The van der Waals surface area contributed by atoms with Crippen LogP contribution in [0.2, 0.25) is 0 Å². The van der Waals surface area contributed by atoms with Crippen LogP contribution >= 0.6 is 11.6 Å². The van der Waals surface area contributed by atoms with Gasteiger partial charge in [-0.3, -0.25) is 4.79 Å². The molecule has 0 fully saturated rings.